The van der Waals surface area contributed by atoms with E-state index in [2.05, 4.69) is 18.0 Å². The zero-order chi connectivity index (χ0) is 37.1. The molecule has 0 radical (unpaired) electrons. The van der Waals surface area contributed by atoms with Crippen LogP contribution in [0.2, 0.25) is 0 Å². The van der Waals surface area contributed by atoms with Crippen molar-refractivity contribution in [3.63, 3.8) is 0 Å². The fraction of sp³-hybridized carbons (Fsp3) is 0.618. The number of fused-ring (bicyclic) bond motifs is 1. The fourth-order valence-electron chi connectivity index (χ4n) is 6.02. The molecule has 2 rings (SSSR count). The van der Waals surface area contributed by atoms with E-state index < -0.39 is 106 Å². The highest BCUT2D eigenvalue weighted by Gasteiger charge is 2.64. The number of ketones is 1. The Morgan fingerprint density at radius 1 is 0.958 bits per heavy atom. The Labute approximate surface area is 279 Å². The lowest BCUT2D eigenvalue weighted by Crippen LogP contribution is -2.60. The van der Waals surface area contributed by atoms with Gasteiger partial charge in [-0.1, -0.05) is 46.1 Å². The number of carbonyl (C=O) groups is 5. The molecule has 1 fully saturated rings. The number of hydrogen-bond acceptors (Lipinski definition) is 14. The predicted molar refractivity (Wildman–Crippen MR) is 169 cm³/mol. The SMILES string of the molecule is C=C(C(=O)OC1C(O)C(=C)C(OC(C)=O)C2C(OC(=O)C(C)=CC)C(C)CC2(O)C(=O)C(C)(O)C=CC(C)(C)C1OC(C)=O)C(C)OO. The first-order valence-electron chi connectivity index (χ1n) is 15.4. The van der Waals surface area contributed by atoms with E-state index >= 15 is 0 Å². The van der Waals surface area contributed by atoms with E-state index in [1.54, 1.807) is 13.8 Å². The first kappa shape index (κ1) is 40.5. The maximum atomic E-state index is 14.2. The van der Waals surface area contributed by atoms with Crippen LogP contribution in [0.3, 0.4) is 0 Å². The number of aliphatic hydroxyl groups is 3. The van der Waals surface area contributed by atoms with Gasteiger partial charge in [-0.15, -0.1) is 0 Å². The number of ether oxygens (including phenoxy) is 4. The zero-order valence-corrected chi connectivity index (χ0v) is 28.8. The van der Waals surface area contributed by atoms with Crippen molar-refractivity contribution in [2.24, 2.45) is 17.3 Å². The van der Waals surface area contributed by atoms with Crippen molar-refractivity contribution in [1.82, 2.24) is 0 Å². The first-order valence-corrected chi connectivity index (χ1v) is 15.4. The maximum absolute atomic E-state index is 14.2. The summed E-state index contributed by atoms with van der Waals surface area (Å²) in [6.07, 6.45) is -6.45. The lowest BCUT2D eigenvalue weighted by atomic mass is 9.71. The van der Waals surface area contributed by atoms with Crippen LogP contribution >= 0.6 is 0 Å². The summed E-state index contributed by atoms with van der Waals surface area (Å²) in [7, 11) is 0. The van der Waals surface area contributed by atoms with Gasteiger partial charge in [0.2, 0.25) is 0 Å². The van der Waals surface area contributed by atoms with E-state index in [0.29, 0.717) is 0 Å². The van der Waals surface area contributed by atoms with Gasteiger partial charge in [0.1, 0.15) is 41.7 Å². The van der Waals surface area contributed by atoms with Crippen LogP contribution in [0.4, 0.5) is 0 Å². The Bertz CT molecular complexity index is 1370. The van der Waals surface area contributed by atoms with Crippen LogP contribution in [0.1, 0.15) is 68.7 Å². The molecule has 0 aliphatic heterocycles. The highest BCUT2D eigenvalue weighted by molar-refractivity contribution is 5.97. The standard InChI is InChI=1S/C34H48O14/c1-12-16(2)29(38)46-25-17(3)15-34(42)23(25)26(44-21(7)35)19(5)24(37)27(47-30(39)18(4)20(6)48-43)28(45-22(8)36)32(9,10)13-14-33(11,41)31(34)40/h12-14,17,20,23-28,37,41-43H,4-5,15H2,1-3,6-11H3. The van der Waals surface area contributed by atoms with Crippen LogP contribution in [-0.2, 0) is 47.8 Å². The molecule has 0 saturated heterocycles. The Balaban J connectivity index is 3.00. The molecule has 4 N–H and O–H groups in total. The van der Waals surface area contributed by atoms with Crippen molar-refractivity contribution >= 4 is 29.7 Å². The van der Waals surface area contributed by atoms with Crippen molar-refractivity contribution in [3.05, 3.63) is 48.1 Å². The van der Waals surface area contributed by atoms with E-state index in [-0.39, 0.29) is 12.0 Å². The summed E-state index contributed by atoms with van der Waals surface area (Å²) in [6, 6.07) is 0. The Kier molecular flexibility index (Phi) is 12.9. The predicted octanol–water partition coefficient (Wildman–Crippen LogP) is 2.29. The number of rotatable bonds is 8. The second kappa shape index (κ2) is 15.2. The van der Waals surface area contributed by atoms with Gasteiger partial charge in [-0.05, 0) is 51.7 Å². The lowest BCUT2D eigenvalue weighted by molar-refractivity contribution is -0.264. The lowest BCUT2D eigenvalue weighted by Gasteiger charge is -2.44. The smallest absolute Gasteiger partial charge is 0.336 e. The topological polar surface area (TPSA) is 212 Å². The largest absolute Gasteiger partial charge is 0.458 e. The molecule has 48 heavy (non-hydrogen) atoms. The molecule has 0 bridgehead atoms. The van der Waals surface area contributed by atoms with Gasteiger partial charge < -0.3 is 34.3 Å². The normalized spacial score (nSPS) is 34.5. The molecule has 1 saturated carbocycles. The molecule has 0 aromatic rings. The second-order valence-corrected chi connectivity index (χ2v) is 13.3. The van der Waals surface area contributed by atoms with Gasteiger partial charge in [0.25, 0.3) is 0 Å². The van der Waals surface area contributed by atoms with E-state index in [0.717, 1.165) is 26.8 Å². The van der Waals surface area contributed by atoms with Gasteiger partial charge >= 0.3 is 23.9 Å². The van der Waals surface area contributed by atoms with E-state index in [9.17, 15) is 39.3 Å². The van der Waals surface area contributed by atoms with Crippen LogP contribution in [-0.4, -0.2) is 98.1 Å². The summed E-state index contributed by atoms with van der Waals surface area (Å²) < 4.78 is 22.6. The summed E-state index contributed by atoms with van der Waals surface area (Å²) in [5.74, 6) is -7.39. The average molecular weight is 681 g/mol. The van der Waals surface area contributed by atoms with Crippen LogP contribution in [0.5, 0.6) is 0 Å². The minimum Gasteiger partial charge on any atom is -0.458 e. The number of Topliss-reactive ketones (excluding diaryl/α,β-unsaturated/α-hetero) is 1. The number of hydrogen-bond donors (Lipinski definition) is 4. The maximum Gasteiger partial charge on any atom is 0.336 e. The van der Waals surface area contributed by atoms with Gasteiger partial charge in [0.05, 0.1) is 11.5 Å². The molecule has 0 spiro atoms. The molecular weight excluding hydrogens is 632 g/mol. The zero-order valence-electron chi connectivity index (χ0n) is 28.8. The quantitative estimate of drug-likeness (QED) is 0.0724. The molecule has 0 aromatic heterocycles. The van der Waals surface area contributed by atoms with E-state index in [1.165, 1.54) is 39.8 Å². The summed E-state index contributed by atoms with van der Waals surface area (Å²) in [4.78, 5) is 69.6. The molecule has 10 atom stereocenters. The molecule has 14 heteroatoms. The third-order valence-corrected chi connectivity index (χ3v) is 8.94. The molecule has 2 aliphatic carbocycles. The summed E-state index contributed by atoms with van der Waals surface area (Å²) in [6.45, 7) is 19.6. The highest BCUT2D eigenvalue weighted by atomic mass is 17.1. The number of esters is 4. The number of allylic oxidation sites excluding steroid dienone is 1. The third kappa shape index (κ3) is 8.47. The Morgan fingerprint density at radius 2 is 1.50 bits per heavy atom. The van der Waals surface area contributed by atoms with Crippen LogP contribution < -0.4 is 0 Å². The molecule has 10 unspecified atom stereocenters. The number of carbonyl (C=O) groups excluding carboxylic acids is 5. The molecule has 0 aromatic carbocycles. The fourth-order valence-corrected chi connectivity index (χ4v) is 6.02. The monoisotopic (exact) mass is 680 g/mol. The molecular formula is C34H48O14. The summed E-state index contributed by atoms with van der Waals surface area (Å²) in [5, 5.41) is 44.8. The first-order chi connectivity index (χ1) is 22.0. The molecule has 0 amide bonds. The van der Waals surface area contributed by atoms with E-state index in [4.69, 9.17) is 24.2 Å². The summed E-state index contributed by atoms with van der Waals surface area (Å²) in [5.41, 5.74) is -7.05. The van der Waals surface area contributed by atoms with Gasteiger partial charge in [-0.2, -0.15) is 0 Å². The molecule has 0 heterocycles. The minimum absolute atomic E-state index is 0.190. The van der Waals surface area contributed by atoms with E-state index in [1.807, 2.05) is 0 Å². The van der Waals surface area contributed by atoms with Crippen LogP contribution in [0, 0.1) is 17.3 Å². The van der Waals surface area contributed by atoms with Crippen molar-refractivity contribution in [2.75, 3.05) is 0 Å². The minimum atomic E-state index is -2.54. The second-order valence-electron chi connectivity index (χ2n) is 13.3. The van der Waals surface area contributed by atoms with Gasteiger partial charge in [-0.3, -0.25) is 19.6 Å². The van der Waals surface area contributed by atoms with Gasteiger partial charge in [0, 0.05) is 24.8 Å². The molecule has 268 valence electrons. The average Bonchev–Trinajstić information content (AvgIpc) is 3.26. The highest BCUT2D eigenvalue weighted by Crippen LogP contribution is 2.49. The van der Waals surface area contributed by atoms with Crippen molar-refractivity contribution in [3.8, 4) is 0 Å². The van der Waals surface area contributed by atoms with Crippen LogP contribution in [0.25, 0.3) is 0 Å². The van der Waals surface area contributed by atoms with Crippen molar-refractivity contribution in [2.45, 2.75) is 117 Å². The summed E-state index contributed by atoms with van der Waals surface area (Å²) >= 11 is 0. The van der Waals surface area contributed by atoms with Crippen LogP contribution in [0.15, 0.2) is 48.1 Å². The van der Waals surface area contributed by atoms with Crippen molar-refractivity contribution in [1.29, 1.82) is 0 Å². The third-order valence-electron chi connectivity index (χ3n) is 8.94. The number of aliphatic hydroxyl groups excluding tert-OH is 1. The van der Waals surface area contributed by atoms with Gasteiger partial charge in [0.15, 0.2) is 11.9 Å². The Morgan fingerprint density at radius 3 is 2.00 bits per heavy atom. The molecule has 14 nitrogen and oxygen atoms in total. The van der Waals surface area contributed by atoms with Gasteiger partial charge in [-0.25, -0.2) is 14.5 Å². The Hall–Kier alpha value is -3.69. The van der Waals surface area contributed by atoms with Crippen molar-refractivity contribution < 1.29 is 68.4 Å². The molecule has 2 aliphatic rings.